The van der Waals surface area contributed by atoms with E-state index in [4.69, 9.17) is 9.84 Å². The Labute approximate surface area is 256 Å². The number of carbonyl (C=O) groups excluding carboxylic acids is 2. The Morgan fingerprint density at radius 2 is 1.93 bits per heavy atom. The van der Waals surface area contributed by atoms with E-state index in [0.717, 1.165) is 24.2 Å². The zero-order valence-corrected chi connectivity index (χ0v) is 25.3. The second-order valence-corrected chi connectivity index (χ2v) is 11.5. The number of hydrogen-bond acceptors (Lipinski definition) is 6. The summed E-state index contributed by atoms with van der Waals surface area (Å²) < 4.78 is 22.6. The maximum atomic E-state index is 15.5. The van der Waals surface area contributed by atoms with Crippen molar-refractivity contribution in [1.29, 1.82) is 0 Å². The number of alkyl carbamates (subject to hydrolysis) is 1. The summed E-state index contributed by atoms with van der Waals surface area (Å²) in [5, 5.41) is 10.2. The fraction of sp³-hybridized carbons (Fsp3) is 0.353. The van der Waals surface area contributed by atoms with Crippen molar-refractivity contribution in [2.24, 2.45) is 0 Å². The third-order valence-electron chi connectivity index (χ3n) is 8.45. The highest BCUT2D eigenvalue weighted by atomic mass is 19.1. The zero-order chi connectivity index (χ0) is 30.8. The van der Waals surface area contributed by atoms with Gasteiger partial charge < -0.3 is 20.3 Å². The molecular formula is C34H37FN6O3. The molecule has 9 nitrogen and oxygen atoms in total. The van der Waals surface area contributed by atoms with Crippen LogP contribution in [0.25, 0.3) is 22.5 Å². The monoisotopic (exact) mass is 596 g/mol. The highest BCUT2D eigenvalue weighted by molar-refractivity contribution is 5.93. The Bertz CT molecular complexity index is 1740. The number of aromatic nitrogens is 3. The largest absolute Gasteiger partial charge is 0.444 e. The summed E-state index contributed by atoms with van der Waals surface area (Å²) >= 11 is 0. The molecule has 0 bridgehead atoms. The molecule has 2 fully saturated rings. The summed E-state index contributed by atoms with van der Waals surface area (Å²) in [6, 6.07) is 16.9. The number of anilines is 1. The van der Waals surface area contributed by atoms with Crippen LogP contribution in [-0.2, 0) is 11.2 Å². The Kier molecular flexibility index (Phi) is 8.32. The van der Waals surface area contributed by atoms with E-state index in [1.54, 1.807) is 16.6 Å². The number of nitrogens with one attached hydrogen (secondary N) is 2. The number of hydrogen-bond donors (Lipinski definition) is 2. The highest BCUT2D eigenvalue weighted by Crippen LogP contribution is 2.40. The average molecular weight is 597 g/mol. The van der Waals surface area contributed by atoms with E-state index in [9.17, 15) is 9.59 Å². The summed E-state index contributed by atoms with van der Waals surface area (Å²) in [6.45, 7) is 5.76. The summed E-state index contributed by atoms with van der Waals surface area (Å²) in [6.07, 6.45) is 4.79. The molecule has 1 saturated heterocycles. The van der Waals surface area contributed by atoms with Crippen molar-refractivity contribution in [3.8, 4) is 11.3 Å². The van der Waals surface area contributed by atoms with Crippen LogP contribution in [0.4, 0.5) is 14.9 Å². The van der Waals surface area contributed by atoms with Gasteiger partial charge in [0.05, 0.1) is 12.2 Å². The van der Waals surface area contributed by atoms with Crippen LogP contribution in [0.2, 0.25) is 0 Å². The van der Waals surface area contributed by atoms with Gasteiger partial charge in [-0.15, -0.1) is 0 Å². The van der Waals surface area contributed by atoms with E-state index in [-0.39, 0.29) is 12.0 Å². The van der Waals surface area contributed by atoms with Gasteiger partial charge in [0.25, 0.3) is 5.91 Å². The summed E-state index contributed by atoms with van der Waals surface area (Å²) in [7, 11) is 1.52. The molecule has 2 aromatic carbocycles. The van der Waals surface area contributed by atoms with E-state index in [1.807, 2.05) is 36.1 Å². The Morgan fingerprint density at radius 3 is 2.68 bits per heavy atom. The lowest BCUT2D eigenvalue weighted by molar-refractivity contribution is 0.0948. The molecule has 10 heteroatoms. The number of halogens is 1. The van der Waals surface area contributed by atoms with Crippen LogP contribution in [0.1, 0.15) is 66.3 Å². The van der Waals surface area contributed by atoms with Gasteiger partial charge in [0, 0.05) is 55.5 Å². The fourth-order valence-corrected chi connectivity index (χ4v) is 5.77. The van der Waals surface area contributed by atoms with E-state index in [2.05, 4.69) is 40.8 Å². The number of rotatable bonds is 9. The summed E-state index contributed by atoms with van der Waals surface area (Å²) in [5.41, 5.74) is 6.87. The molecule has 0 spiro atoms. The van der Waals surface area contributed by atoms with Crippen LogP contribution < -0.4 is 15.5 Å². The number of nitrogens with zero attached hydrogens (tertiary/aromatic N) is 4. The second kappa shape index (κ2) is 12.5. The number of ether oxygens (including phenoxy) is 1. The molecule has 3 heterocycles. The third-order valence-corrected chi connectivity index (χ3v) is 8.45. The Balaban J connectivity index is 1.19. The molecule has 1 aliphatic carbocycles. The molecule has 2 aliphatic rings. The molecule has 2 N–H and O–H groups in total. The summed E-state index contributed by atoms with van der Waals surface area (Å²) in [4.78, 5) is 31.4. The van der Waals surface area contributed by atoms with Gasteiger partial charge in [-0.05, 0) is 74.1 Å². The van der Waals surface area contributed by atoms with Gasteiger partial charge in [0.15, 0.2) is 5.65 Å². The summed E-state index contributed by atoms with van der Waals surface area (Å²) in [5.74, 6) is -0.346. The first-order valence-corrected chi connectivity index (χ1v) is 15.2. The Hall–Kier alpha value is -4.73. The van der Waals surface area contributed by atoms with Crippen molar-refractivity contribution >= 4 is 28.9 Å². The van der Waals surface area contributed by atoms with Crippen molar-refractivity contribution in [2.75, 3.05) is 31.6 Å². The van der Waals surface area contributed by atoms with Crippen LogP contribution in [-0.4, -0.2) is 59.4 Å². The molecular weight excluding hydrogens is 559 g/mol. The van der Waals surface area contributed by atoms with Crippen LogP contribution in [0.15, 0.2) is 60.7 Å². The molecule has 0 unspecified atom stereocenters. The molecule has 4 aromatic rings. The standard InChI is InChI=1S/C34H37FN6O3/c1-4-21(2)26-8-6-5-7-22(26)13-15-37-33(42)30-18-31(23-9-10-23)41-32(38-30)19-29(39-41)27-12-11-24(17-28(27)35)40-16-14-25(20-40)44-34(43)36-3/h4-8,11-12,17-19,23,25H,9-10,13-16,20H2,1-3H3,(H,36,43)(H,37,42)/b21-4-/t25-/m1/s1. The molecule has 2 amide bonds. The number of fused-ring (bicyclic) bond motifs is 1. The quantitative estimate of drug-likeness (QED) is 0.256. The number of benzene rings is 2. The molecule has 1 saturated carbocycles. The second-order valence-electron chi connectivity index (χ2n) is 11.5. The van der Waals surface area contributed by atoms with Crippen molar-refractivity contribution < 1.29 is 18.7 Å². The normalized spacial score (nSPS) is 16.8. The molecule has 2 aromatic heterocycles. The molecule has 0 radical (unpaired) electrons. The fourth-order valence-electron chi connectivity index (χ4n) is 5.77. The first-order chi connectivity index (χ1) is 21.3. The Morgan fingerprint density at radius 1 is 1.11 bits per heavy atom. The van der Waals surface area contributed by atoms with Crippen LogP contribution in [0, 0.1) is 5.82 Å². The molecule has 44 heavy (non-hydrogen) atoms. The average Bonchev–Trinajstić information content (AvgIpc) is 3.62. The molecule has 1 aliphatic heterocycles. The minimum Gasteiger partial charge on any atom is -0.444 e. The van der Waals surface area contributed by atoms with Gasteiger partial charge in [-0.1, -0.05) is 30.3 Å². The van der Waals surface area contributed by atoms with Crippen LogP contribution in [0.5, 0.6) is 0 Å². The van der Waals surface area contributed by atoms with Crippen molar-refractivity contribution in [3.63, 3.8) is 0 Å². The first-order valence-electron chi connectivity index (χ1n) is 15.2. The number of allylic oxidation sites excluding steroid dienone is 2. The van der Waals surface area contributed by atoms with E-state index >= 15 is 4.39 Å². The molecule has 1 atom stereocenters. The lowest BCUT2D eigenvalue weighted by Crippen LogP contribution is -2.28. The lowest BCUT2D eigenvalue weighted by Gasteiger charge is -2.19. The van der Waals surface area contributed by atoms with Crippen LogP contribution in [0.3, 0.4) is 0 Å². The lowest BCUT2D eigenvalue weighted by atomic mass is 9.98. The van der Waals surface area contributed by atoms with Crippen molar-refractivity contribution in [1.82, 2.24) is 25.2 Å². The first kappa shape index (κ1) is 29.3. The van der Waals surface area contributed by atoms with E-state index in [1.165, 1.54) is 29.8 Å². The van der Waals surface area contributed by atoms with Gasteiger partial charge in [-0.25, -0.2) is 18.7 Å². The predicted molar refractivity (Wildman–Crippen MR) is 168 cm³/mol. The smallest absolute Gasteiger partial charge is 0.407 e. The van der Waals surface area contributed by atoms with Gasteiger partial charge in [0.2, 0.25) is 0 Å². The highest BCUT2D eigenvalue weighted by Gasteiger charge is 2.30. The third kappa shape index (κ3) is 6.15. The van der Waals surface area contributed by atoms with Crippen molar-refractivity contribution in [3.05, 3.63) is 89.0 Å². The topological polar surface area (TPSA) is 101 Å². The van der Waals surface area contributed by atoms with Crippen molar-refractivity contribution in [2.45, 2.75) is 51.6 Å². The zero-order valence-electron chi connectivity index (χ0n) is 25.3. The van der Waals surface area contributed by atoms with Gasteiger partial charge in [-0.2, -0.15) is 5.10 Å². The predicted octanol–water partition coefficient (Wildman–Crippen LogP) is 5.74. The van der Waals surface area contributed by atoms with E-state index in [0.29, 0.717) is 61.0 Å². The maximum Gasteiger partial charge on any atom is 0.407 e. The number of amides is 2. The molecule has 6 rings (SSSR count). The van der Waals surface area contributed by atoms with Gasteiger partial charge >= 0.3 is 6.09 Å². The van der Waals surface area contributed by atoms with E-state index < -0.39 is 11.9 Å². The molecule has 228 valence electrons. The SMILES string of the molecule is C/C=C(/C)c1ccccc1CCNC(=O)c1cc(C2CC2)n2nc(-c3ccc(N4CC[C@@H](OC(=O)NC)C4)cc3F)cc2n1. The minimum absolute atomic E-state index is 0.239. The van der Waals surface area contributed by atoms with Gasteiger partial charge in [-0.3, -0.25) is 4.79 Å². The number of carbonyl (C=O) groups is 2. The maximum absolute atomic E-state index is 15.5. The van der Waals surface area contributed by atoms with Crippen LogP contribution >= 0.6 is 0 Å². The minimum atomic E-state index is -0.467. The van der Waals surface area contributed by atoms with Gasteiger partial charge in [0.1, 0.15) is 17.6 Å².